The molecule has 1 unspecified atom stereocenters. The van der Waals surface area contributed by atoms with E-state index in [9.17, 15) is 14.7 Å². The van der Waals surface area contributed by atoms with E-state index in [0.29, 0.717) is 19.3 Å². The van der Waals surface area contributed by atoms with E-state index < -0.39 is 11.4 Å². The van der Waals surface area contributed by atoms with Gasteiger partial charge in [-0.15, -0.1) is 0 Å². The fraction of sp³-hybridized carbons (Fsp3) is 0.556. The Kier molecular flexibility index (Phi) is 5.29. The molecule has 5 nitrogen and oxygen atoms in total. The van der Waals surface area contributed by atoms with Crippen LogP contribution in [-0.4, -0.2) is 42.1 Å². The van der Waals surface area contributed by atoms with Crippen molar-refractivity contribution >= 4 is 11.9 Å². The minimum absolute atomic E-state index is 0.0234. The van der Waals surface area contributed by atoms with Gasteiger partial charge in [-0.1, -0.05) is 24.6 Å². The van der Waals surface area contributed by atoms with E-state index in [4.69, 9.17) is 4.74 Å². The summed E-state index contributed by atoms with van der Waals surface area (Å²) in [5, 5.41) is 9.37. The van der Waals surface area contributed by atoms with E-state index in [2.05, 4.69) is 0 Å². The molecule has 0 aromatic heterocycles. The quantitative estimate of drug-likeness (QED) is 0.839. The number of carbonyl (C=O) groups is 2. The van der Waals surface area contributed by atoms with Gasteiger partial charge in [-0.25, -0.2) is 0 Å². The van der Waals surface area contributed by atoms with Crippen molar-refractivity contribution in [1.29, 1.82) is 0 Å². The van der Waals surface area contributed by atoms with Gasteiger partial charge in [0.1, 0.15) is 5.75 Å². The number of hydrogen-bond donors (Lipinski definition) is 1. The maximum absolute atomic E-state index is 12.5. The molecule has 23 heavy (non-hydrogen) atoms. The number of ether oxygens (including phenoxy) is 1. The highest BCUT2D eigenvalue weighted by Crippen LogP contribution is 2.44. The van der Waals surface area contributed by atoms with Crippen molar-refractivity contribution in [2.24, 2.45) is 5.41 Å². The third-order valence-electron chi connectivity index (χ3n) is 5.02. The molecule has 2 rings (SSSR count). The summed E-state index contributed by atoms with van der Waals surface area (Å²) in [6, 6.07) is 7.72. The lowest BCUT2D eigenvalue weighted by atomic mass is 9.66. The number of aliphatic carboxylic acids is 1. The van der Waals surface area contributed by atoms with Crippen molar-refractivity contribution < 1.29 is 19.4 Å². The second kappa shape index (κ2) is 7.02. The molecule has 0 radical (unpaired) electrons. The van der Waals surface area contributed by atoms with Gasteiger partial charge in [0.2, 0.25) is 5.91 Å². The van der Waals surface area contributed by atoms with Crippen LogP contribution in [0.3, 0.4) is 0 Å². The Morgan fingerprint density at radius 2 is 2.00 bits per heavy atom. The average Bonchev–Trinajstić information content (AvgIpc) is 2.49. The Bertz CT molecular complexity index is 580. The monoisotopic (exact) mass is 319 g/mol. The summed E-state index contributed by atoms with van der Waals surface area (Å²) < 4.78 is 5.34. The van der Waals surface area contributed by atoms with Gasteiger partial charge in [0, 0.05) is 19.5 Å². The number of likely N-dealkylation sites (N-methyl/N-ethyl adjacent to an activating group) is 1. The molecule has 0 aliphatic heterocycles. The Hall–Kier alpha value is -2.04. The number of carboxylic acids is 1. The number of carbonyl (C=O) groups excluding carboxylic acids is 1. The molecule has 1 aromatic carbocycles. The van der Waals surface area contributed by atoms with Crippen molar-refractivity contribution in [2.45, 2.75) is 45.1 Å². The summed E-state index contributed by atoms with van der Waals surface area (Å²) in [5.74, 6) is -0.140. The zero-order chi connectivity index (χ0) is 17.0. The molecule has 0 saturated heterocycles. The van der Waals surface area contributed by atoms with Crippen LogP contribution in [0.4, 0.5) is 0 Å². The zero-order valence-electron chi connectivity index (χ0n) is 14.0. The number of carboxylic acid groups (broad SMARTS) is 1. The first kappa shape index (κ1) is 17.3. The molecule has 1 aromatic rings. The largest absolute Gasteiger partial charge is 0.496 e. The first-order valence-electron chi connectivity index (χ1n) is 8.00. The number of nitrogens with zero attached hydrogens (tertiary/aromatic N) is 1. The van der Waals surface area contributed by atoms with Gasteiger partial charge in [-0.2, -0.15) is 0 Å². The van der Waals surface area contributed by atoms with Crippen molar-refractivity contribution in [1.82, 2.24) is 4.90 Å². The third-order valence-corrected chi connectivity index (χ3v) is 5.02. The third kappa shape index (κ3) is 3.66. The number of methoxy groups -OCH3 is 1. The van der Waals surface area contributed by atoms with Crippen molar-refractivity contribution in [3.05, 3.63) is 29.8 Å². The van der Waals surface area contributed by atoms with Crippen LogP contribution in [-0.2, 0) is 16.0 Å². The molecule has 0 heterocycles. The van der Waals surface area contributed by atoms with Gasteiger partial charge in [-0.05, 0) is 37.8 Å². The van der Waals surface area contributed by atoms with E-state index in [-0.39, 0.29) is 18.4 Å². The van der Waals surface area contributed by atoms with Crippen LogP contribution in [0.2, 0.25) is 0 Å². The molecule has 1 amide bonds. The summed E-state index contributed by atoms with van der Waals surface area (Å²) >= 11 is 0. The van der Waals surface area contributed by atoms with Gasteiger partial charge < -0.3 is 14.7 Å². The summed E-state index contributed by atoms with van der Waals surface area (Å²) in [6.45, 7) is 1.97. The van der Waals surface area contributed by atoms with Crippen molar-refractivity contribution in [3.63, 3.8) is 0 Å². The van der Waals surface area contributed by atoms with E-state index >= 15 is 0 Å². The Morgan fingerprint density at radius 3 is 2.52 bits per heavy atom. The smallest absolute Gasteiger partial charge is 0.310 e. The van der Waals surface area contributed by atoms with E-state index in [1.165, 1.54) is 0 Å². The SMILES string of the molecule is COc1ccccc1CC(C)N(C)C(=O)CC1(C(=O)O)CCC1. The molecular formula is C18H25NO4. The standard InChI is InChI=1S/C18H25NO4/c1-13(11-14-7-4-5-8-15(14)23-3)19(2)16(20)12-18(17(21)22)9-6-10-18/h4-5,7-8,13H,6,9-12H2,1-3H3,(H,21,22). The van der Waals surface area contributed by atoms with Crippen molar-refractivity contribution in [3.8, 4) is 5.75 Å². The van der Waals surface area contributed by atoms with Crippen molar-refractivity contribution in [2.75, 3.05) is 14.2 Å². The summed E-state index contributed by atoms with van der Waals surface area (Å²) in [7, 11) is 3.38. The highest BCUT2D eigenvalue weighted by molar-refractivity contribution is 5.85. The predicted molar refractivity (Wildman–Crippen MR) is 87.5 cm³/mol. The molecule has 126 valence electrons. The van der Waals surface area contributed by atoms with E-state index in [1.807, 2.05) is 31.2 Å². The second-order valence-electron chi connectivity index (χ2n) is 6.49. The van der Waals surface area contributed by atoms with Gasteiger partial charge in [-0.3, -0.25) is 9.59 Å². The summed E-state index contributed by atoms with van der Waals surface area (Å²) in [6.07, 6.45) is 2.85. The zero-order valence-corrected chi connectivity index (χ0v) is 14.0. The molecule has 1 aliphatic rings. The maximum atomic E-state index is 12.5. The average molecular weight is 319 g/mol. The fourth-order valence-corrected chi connectivity index (χ4v) is 3.06. The molecular weight excluding hydrogens is 294 g/mol. The van der Waals surface area contributed by atoms with Crippen LogP contribution in [0.5, 0.6) is 5.75 Å². The maximum Gasteiger partial charge on any atom is 0.310 e. The molecule has 0 bridgehead atoms. The lowest BCUT2D eigenvalue weighted by Gasteiger charge is -2.38. The van der Waals surface area contributed by atoms with Gasteiger partial charge in [0.05, 0.1) is 12.5 Å². The van der Waals surface area contributed by atoms with Crippen LogP contribution in [0.15, 0.2) is 24.3 Å². The lowest BCUT2D eigenvalue weighted by molar-refractivity contribution is -0.159. The normalized spacial score (nSPS) is 17.0. The van der Waals surface area contributed by atoms with Gasteiger partial charge >= 0.3 is 5.97 Å². The summed E-state index contributed by atoms with van der Waals surface area (Å²) in [4.78, 5) is 25.6. The van der Waals surface area contributed by atoms with E-state index in [0.717, 1.165) is 17.7 Å². The predicted octanol–water partition coefficient (Wildman–Crippen LogP) is 2.73. The van der Waals surface area contributed by atoms with Crippen LogP contribution >= 0.6 is 0 Å². The van der Waals surface area contributed by atoms with E-state index in [1.54, 1.807) is 19.1 Å². The number of hydrogen-bond acceptors (Lipinski definition) is 3. The van der Waals surface area contributed by atoms with Crippen LogP contribution in [0, 0.1) is 5.41 Å². The van der Waals surface area contributed by atoms with Gasteiger partial charge in [0.15, 0.2) is 0 Å². The number of amides is 1. The number of rotatable bonds is 7. The fourth-order valence-electron chi connectivity index (χ4n) is 3.06. The molecule has 1 fully saturated rings. The first-order valence-corrected chi connectivity index (χ1v) is 8.00. The highest BCUT2D eigenvalue weighted by atomic mass is 16.5. The number of benzene rings is 1. The van der Waals surface area contributed by atoms with Crippen LogP contribution in [0.1, 0.15) is 38.2 Å². The lowest BCUT2D eigenvalue weighted by Crippen LogP contribution is -2.45. The van der Waals surface area contributed by atoms with Crippen LogP contribution in [0.25, 0.3) is 0 Å². The molecule has 1 N–H and O–H groups in total. The second-order valence-corrected chi connectivity index (χ2v) is 6.49. The topological polar surface area (TPSA) is 66.8 Å². The first-order chi connectivity index (χ1) is 10.9. The summed E-state index contributed by atoms with van der Waals surface area (Å²) in [5.41, 5.74) is 0.203. The minimum atomic E-state index is -0.845. The highest BCUT2D eigenvalue weighted by Gasteiger charge is 2.46. The minimum Gasteiger partial charge on any atom is -0.496 e. The Morgan fingerprint density at radius 1 is 1.35 bits per heavy atom. The number of para-hydroxylation sites is 1. The Labute approximate surface area is 137 Å². The molecule has 5 heteroatoms. The molecule has 1 atom stereocenters. The molecule has 1 saturated carbocycles. The van der Waals surface area contributed by atoms with Crippen LogP contribution < -0.4 is 4.74 Å². The van der Waals surface area contributed by atoms with Gasteiger partial charge in [0.25, 0.3) is 0 Å². The molecule has 1 aliphatic carbocycles. The Balaban J connectivity index is 2.00. The molecule has 0 spiro atoms.